The van der Waals surface area contributed by atoms with Crippen molar-refractivity contribution in [2.45, 2.75) is 139 Å². The van der Waals surface area contributed by atoms with E-state index in [1.54, 1.807) is 13.8 Å². The molecule has 20 N–H and O–H groups in total. The number of aliphatic carboxylic acids is 3. The van der Waals surface area contributed by atoms with Gasteiger partial charge in [-0.1, -0.05) is 38.1 Å². The van der Waals surface area contributed by atoms with Crippen LogP contribution >= 0.6 is 0 Å². The third-order valence-electron chi connectivity index (χ3n) is 11.5. The zero-order valence-corrected chi connectivity index (χ0v) is 41.8. The van der Waals surface area contributed by atoms with E-state index >= 15 is 0 Å². The zero-order chi connectivity index (χ0) is 56.4. The molecule has 0 spiro atoms. The highest BCUT2D eigenvalue weighted by molar-refractivity contribution is 5.99. The van der Waals surface area contributed by atoms with E-state index in [1.165, 1.54) is 48.5 Å². The summed E-state index contributed by atoms with van der Waals surface area (Å²) in [5.74, 6) is -13.5. The van der Waals surface area contributed by atoms with Crippen molar-refractivity contribution in [1.29, 1.82) is 0 Å². The van der Waals surface area contributed by atoms with Gasteiger partial charge in [-0.2, -0.15) is 0 Å². The van der Waals surface area contributed by atoms with Crippen LogP contribution in [0.15, 0.2) is 48.5 Å². The molecule has 27 heteroatoms. The Bertz CT molecular complexity index is 2280. The Hall–Kier alpha value is -7.91. The highest BCUT2D eigenvalue weighted by Gasteiger charge is 2.36. The van der Waals surface area contributed by atoms with Crippen molar-refractivity contribution in [3.05, 3.63) is 59.7 Å². The summed E-state index contributed by atoms with van der Waals surface area (Å²) >= 11 is 0. The van der Waals surface area contributed by atoms with E-state index in [4.69, 9.17) is 22.9 Å². The number of nitrogens with two attached hydrogens (primary N) is 4. The molecule has 0 aliphatic rings. The molecule has 0 saturated heterocycles. The van der Waals surface area contributed by atoms with Crippen LogP contribution in [0.3, 0.4) is 0 Å². The van der Waals surface area contributed by atoms with Crippen LogP contribution in [0.1, 0.15) is 89.2 Å². The van der Waals surface area contributed by atoms with E-state index in [1.807, 2.05) is 0 Å². The lowest BCUT2D eigenvalue weighted by Gasteiger charge is -2.28. The highest BCUT2D eigenvalue weighted by Crippen LogP contribution is 2.16. The van der Waals surface area contributed by atoms with Gasteiger partial charge in [0.15, 0.2) is 0 Å². The maximum absolute atomic E-state index is 14.3. The standard InChI is InChI=1S/C48H71N11O16/c1-25(2)40(48(74)75)59-47(73)35(22-27-11-15-29(61)16-12-27)57-45(71)34(21-26-9-13-28(60)14-10-26)56-44(70)33(17-18-38(63)64)55-42(68)32(8-4-6-20-50)54-46(72)36(24-39(65)66)58-43(69)31(7-3-5-19-49)53-41(67)30(51)23-37(52)62/h9-16,25,30-36,40,60-61H,3-8,17-24,49-51H2,1-2H3,(H2,52,62)(H,53,67)(H,54,72)(H,55,68)(H,56,70)(H,57,71)(H,58,69)(H,59,73)(H,63,64)(H,65,66)(H,74,75)/t30-,31-,32-,33-,34-,35-,36-,40-/m0/s1. The van der Waals surface area contributed by atoms with E-state index in [0.29, 0.717) is 24.0 Å². The molecule has 8 atom stereocenters. The summed E-state index contributed by atoms with van der Waals surface area (Å²) in [4.78, 5) is 144. The first-order chi connectivity index (χ1) is 35.3. The molecule has 414 valence electrons. The topological polar surface area (TPSA) is 477 Å². The number of aromatic hydroxyl groups is 2. The van der Waals surface area contributed by atoms with Crippen LogP contribution < -0.4 is 60.2 Å². The molecule has 75 heavy (non-hydrogen) atoms. The lowest BCUT2D eigenvalue weighted by Crippen LogP contribution is -2.60. The van der Waals surface area contributed by atoms with Crippen LogP contribution in [0.25, 0.3) is 0 Å². The minimum Gasteiger partial charge on any atom is -0.508 e. The molecule has 0 saturated carbocycles. The van der Waals surface area contributed by atoms with E-state index in [-0.39, 0.29) is 63.1 Å². The molecule has 0 radical (unpaired) electrons. The number of carboxylic acid groups (broad SMARTS) is 3. The van der Waals surface area contributed by atoms with Crippen LogP contribution in [0.2, 0.25) is 0 Å². The summed E-state index contributed by atoms with van der Waals surface area (Å²) in [7, 11) is 0. The third-order valence-corrected chi connectivity index (χ3v) is 11.5. The Balaban J connectivity index is 2.55. The monoisotopic (exact) mass is 1060 g/mol. The minimum absolute atomic E-state index is 0.0674. The molecule has 0 bridgehead atoms. The van der Waals surface area contributed by atoms with E-state index in [2.05, 4.69) is 37.2 Å². The average Bonchev–Trinajstić information content (AvgIpc) is 3.33. The number of nitrogens with one attached hydrogen (secondary N) is 7. The van der Waals surface area contributed by atoms with Crippen molar-refractivity contribution in [2.75, 3.05) is 13.1 Å². The number of amides is 8. The number of hydrogen-bond donors (Lipinski definition) is 16. The second-order valence-corrected chi connectivity index (χ2v) is 18.1. The van der Waals surface area contributed by atoms with Gasteiger partial charge in [-0.05, 0) is 99.3 Å². The number of unbranched alkanes of at least 4 members (excludes halogenated alkanes) is 2. The fraction of sp³-hybridized carbons (Fsp3) is 0.521. The number of hydrogen-bond acceptors (Lipinski definition) is 16. The molecule has 8 amide bonds. The summed E-state index contributed by atoms with van der Waals surface area (Å²) in [5.41, 5.74) is 22.9. The summed E-state index contributed by atoms with van der Waals surface area (Å²) < 4.78 is 0. The number of phenolic OH excluding ortho intramolecular Hbond substituents is 2. The molecule has 0 fully saturated rings. The number of carboxylic acids is 3. The highest BCUT2D eigenvalue weighted by atomic mass is 16.4. The van der Waals surface area contributed by atoms with Crippen LogP contribution in [-0.2, 0) is 65.6 Å². The Morgan fingerprint density at radius 1 is 0.467 bits per heavy atom. The number of carbonyl (C=O) groups excluding carboxylic acids is 8. The molecule has 2 aromatic rings. The number of phenols is 2. The van der Waals surface area contributed by atoms with Gasteiger partial charge in [-0.25, -0.2) is 4.79 Å². The fourth-order valence-electron chi connectivity index (χ4n) is 7.31. The lowest BCUT2D eigenvalue weighted by molar-refractivity contribution is -0.143. The molecular formula is C48H71N11O16. The molecule has 0 aliphatic heterocycles. The van der Waals surface area contributed by atoms with Crippen molar-refractivity contribution in [3.8, 4) is 11.5 Å². The molecule has 0 aliphatic carbocycles. The van der Waals surface area contributed by atoms with E-state index in [0.717, 1.165) is 0 Å². The predicted molar refractivity (Wildman–Crippen MR) is 266 cm³/mol. The Kier molecular flexibility index (Phi) is 27.2. The van der Waals surface area contributed by atoms with Gasteiger partial charge in [-0.15, -0.1) is 0 Å². The van der Waals surface area contributed by atoms with Gasteiger partial charge in [-0.3, -0.25) is 47.9 Å². The average molecular weight is 1060 g/mol. The quantitative estimate of drug-likeness (QED) is 0.0303. The molecular weight excluding hydrogens is 987 g/mol. The van der Waals surface area contributed by atoms with Crippen LogP contribution in [0, 0.1) is 5.92 Å². The van der Waals surface area contributed by atoms with Crippen LogP contribution in [-0.4, -0.2) is 152 Å². The van der Waals surface area contributed by atoms with Gasteiger partial charge in [0.25, 0.3) is 0 Å². The van der Waals surface area contributed by atoms with Crippen molar-refractivity contribution in [2.24, 2.45) is 28.9 Å². The van der Waals surface area contributed by atoms with Crippen LogP contribution in [0.5, 0.6) is 11.5 Å². The summed E-state index contributed by atoms with van der Waals surface area (Å²) in [5, 5.41) is 65.9. The second-order valence-electron chi connectivity index (χ2n) is 18.1. The number of carbonyl (C=O) groups is 11. The Morgan fingerprint density at radius 3 is 1.20 bits per heavy atom. The van der Waals surface area contributed by atoms with Gasteiger partial charge >= 0.3 is 17.9 Å². The maximum atomic E-state index is 14.3. The largest absolute Gasteiger partial charge is 0.508 e. The summed E-state index contributed by atoms with van der Waals surface area (Å²) in [6.07, 6.45) is -2.65. The minimum atomic E-state index is -1.89. The first kappa shape index (κ1) is 63.2. The van der Waals surface area contributed by atoms with Crippen molar-refractivity contribution in [3.63, 3.8) is 0 Å². The second kappa shape index (κ2) is 32.3. The molecule has 27 nitrogen and oxygen atoms in total. The Labute approximate surface area is 432 Å². The molecule has 2 rings (SSSR count). The van der Waals surface area contributed by atoms with E-state index < -0.39 is 145 Å². The Morgan fingerprint density at radius 2 is 0.827 bits per heavy atom. The predicted octanol–water partition coefficient (Wildman–Crippen LogP) is -3.18. The summed E-state index contributed by atoms with van der Waals surface area (Å²) in [6.45, 7) is 3.42. The zero-order valence-electron chi connectivity index (χ0n) is 41.8. The molecule has 2 aromatic carbocycles. The van der Waals surface area contributed by atoms with Gasteiger partial charge in [0.05, 0.1) is 18.9 Å². The number of primary amides is 1. The van der Waals surface area contributed by atoms with Crippen molar-refractivity contribution < 1.29 is 78.3 Å². The van der Waals surface area contributed by atoms with Crippen molar-refractivity contribution >= 4 is 65.2 Å². The van der Waals surface area contributed by atoms with Gasteiger partial charge in [0, 0.05) is 19.3 Å². The lowest BCUT2D eigenvalue weighted by atomic mass is 10.00. The maximum Gasteiger partial charge on any atom is 0.326 e. The van der Waals surface area contributed by atoms with Crippen molar-refractivity contribution in [1.82, 2.24) is 37.2 Å². The van der Waals surface area contributed by atoms with Gasteiger partial charge in [0.1, 0.15) is 53.8 Å². The fourth-order valence-corrected chi connectivity index (χ4v) is 7.31. The van der Waals surface area contributed by atoms with E-state index in [9.17, 15) is 78.3 Å². The van der Waals surface area contributed by atoms with Gasteiger partial charge < -0.3 is 85.7 Å². The third kappa shape index (κ3) is 23.7. The molecule has 0 aromatic heterocycles. The van der Waals surface area contributed by atoms with Gasteiger partial charge in [0.2, 0.25) is 47.3 Å². The normalized spacial score (nSPS) is 14.2. The molecule has 0 heterocycles. The first-order valence-electron chi connectivity index (χ1n) is 24.1. The molecule has 0 unspecified atom stereocenters. The van der Waals surface area contributed by atoms with Crippen LogP contribution in [0.4, 0.5) is 0 Å². The first-order valence-corrected chi connectivity index (χ1v) is 24.1. The SMILES string of the molecule is CC(C)[C@H](NC(=O)[C@H](Cc1ccc(O)cc1)NC(=O)[C@H](Cc1ccc(O)cc1)NC(=O)[C@H](CCC(=O)O)NC(=O)[C@H](CCCCN)NC(=O)[C@H](CC(=O)O)NC(=O)[C@H](CCCCN)NC(=O)[C@@H](N)CC(N)=O)C(=O)O. The number of benzene rings is 2. The summed E-state index contributed by atoms with van der Waals surface area (Å²) in [6, 6.07) is -1.67. The number of rotatable bonds is 35. The smallest absolute Gasteiger partial charge is 0.326 e.